The largest absolute Gasteiger partial charge is 0.308 e. The topological polar surface area (TPSA) is 42.7 Å². The molecule has 0 aliphatic carbocycles. The number of hydrogen-bond donors (Lipinski definition) is 1. The molecule has 2 aromatic heterocycles. The molecule has 0 radical (unpaired) electrons. The highest BCUT2D eigenvalue weighted by atomic mass is 15.2. The van der Waals surface area contributed by atoms with Crippen LogP contribution >= 0.6 is 0 Å². The maximum absolute atomic E-state index is 4.16. The average molecular weight is 252 g/mol. The van der Waals surface area contributed by atoms with Crippen molar-refractivity contribution in [3.05, 3.63) is 60.2 Å². The average Bonchev–Trinajstić information content (AvgIpc) is 2.85. The Balaban J connectivity index is 1.71. The maximum Gasteiger partial charge on any atom is 0.0534 e. The van der Waals surface area contributed by atoms with Gasteiger partial charge in [0.15, 0.2) is 0 Å². The van der Waals surface area contributed by atoms with Gasteiger partial charge in [0, 0.05) is 49.7 Å². The summed E-state index contributed by atoms with van der Waals surface area (Å²) in [6.07, 6.45) is 7.66. The Labute approximate surface area is 112 Å². The van der Waals surface area contributed by atoms with Gasteiger partial charge in [-0.05, 0) is 17.0 Å². The van der Waals surface area contributed by atoms with Crippen molar-refractivity contribution in [2.45, 2.75) is 13.1 Å². The Morgan fingerprint density at radius 2 is 2.11 bits per heavy atom. The Hall–Kier alpha value is -2.20. The predicted molar refractivity (Wildman–Crippen MR) is 75.5 cm³/mol. The smallest absolute Gasteiger partial charge is 0.0534 e. The van der Waals surface area contributed by atoms with E-state index >= 15 is 0 Å². The lowest BCUT2D eigenvalue weighted by Gasteiger charge is -2.07. The number of fused-ring (bicyclic) bond motifs is 1. The van der Waals surface area contributed by atoms with E-state index in [9.17, 15) is 0 Å². The zero-order valence-corrected chi connectivity index (χ0v) is 10.9. The fraction of sp³-hybridized carbons (Fsp3) is 0.200. The molecule has 4 nitrogen and oxygen atoms in total. The number of aromatic nitrogens is 3. The standard InChI is InChI=1S/C15H16N4/c1-19-11-12(8-18-19)7-17-10-14-4-2-3-13-9-16-6-5-15(13)14/h2-6,8-9,11,17H,7,10H2,1H3. The zero-order valence-electron chi connectivity index (χ0n) is 10.9. The van der Waals surface area contributed by atoms with Crippen LogP contribution in [-0.4, -0.2) is 14.8 Å². The predicted octanol–water partition coefficient (Wildman–Crippen LogP) is 2.26. The summed E-state index contributed by atoms with van der Waals surface area (Å²) in [6.45, 7) is 1.67. The van der Waals surface area contributed by atoms with Crippen molar-refractivity contribution in [2.75, 3.05) is 0 Å². The van der Waals surface area contributed by atoms with Crippen molar-refractivity contribution in [1.29, 1.82) is 0 Å². The van der Waals surface area contributed by atoms with E-state index in [2.05, 4.69) is 39.7 Å². The number of nitrogens with one attached hydrogen (secondary N) is 1. The summed E-state index contributed by atoms with van der Waals surface area (Å²) >= 11 is 0. The molecule has 3 aromatic rings. The second-order valence-electron chi connectivity index (χ2n) is 4.64. The molecule has 0 spiro atoms. The molecule has 0 bridgehead atoms. The highest BCUT2D eigenvalue weighted by Crippen LogP contribution is 2.17. The molecule has 0 atom stereocenters. The fourth-order valence-electron chi connectivity index (χ4n) is 2.25. The van der Waals surface area contributed by atoms with Gasteiger partial charge in [0.2, 0.25) is 0 Å². The first-order valence-electron chi connectivity index (χ1n) is 6.33. The summed E-state index contributed by atoms with van der Waals surface area (Å²) in [5, 5.41) is 10.1. The van der Waals surface area contributed by atoms with Gasteiger partial charge in [0.1, 0.15) is 0 Å². The third-order valence-electron chi connectivity index (χ3n) is 3.17. The normalized spacial score (nSPS) is 11.0. The van der Waals surface area contributed by atoms with Crippen LogP contribution in [0, 0.1) is 0 Å². The van der Waals surface area contributed by atoms with Gasteiger partial charge in [-0.2, -0.15) is 5.10 Å². The quantitative estimate of drug-likeness (QED) is 0.774. The van der Waals surface area contributed by atoms with E-state index in [1.807, 2.05) is 36.5 Å². The fourth-order valence-corrected chi connectivity index (χ4v) is 2.25. The summed E-state index contributed by atoms with van der Waals surface area (Å²) in [5.74, 6) is 0. The van der Waals surface area contributed by atoms with E-state index in [-0.39, 0.29) is 0 Å². The molecule has 3 rings (SSSR count). The van der Waals surface area contributed by atoms with Crippen molar-refractivity contribution >= 4 is 10.8 Å². The van der Waals surface area contributed by atoms with Crippen LogP contribution < -0.4 is 5.32 Å². The molecule has 19 heavy (non-hydrogen) atoms. The SMILES string of the molecule is Cn1cc(CNCc2cccc3cnccc23)cn1. The summed E-state index contributed by atoms with van der Waals surface area (Å²) in [4.78, 5) is 4.15. The lowest BCUT2D eigenvalue weighted by molar-refractivity contribution is 0.695. The molecule has 0 aliphatic heterocycles. The molecule has 4 heteroatoms. The summed E-state index contributed by atoms with van der Waals surface area (Å²) in [7, 11) is 1.93. The number of benzene rings is 1. The molecule has 96 valence electrons. The van der Waals surface area contributed by atoms with Crippen LogP contribution in [0.15, 0.2) is 49.1 Å². The number of hydrogen-bond acceptors (Lipinski definition) is 3. The van der Waals surface area contributed by atoms with Gasteiger partial charge in [-0.1, -0.05) is 18.2 Å². The molecule has 0 unspecified atom stereocenters. The molecule has 0 amide bonds. The summed E-state index contributed by atoms with van der Waals surface area (Å²) in [6, 6.07) is 8.38. The van der Waals surface area contributed by atoms with Crippen LogP contribution in [0.4, 0.5) is 0 Å². The van der Waals surface area contributed by atoms with Gasteiger partial charge in [-0.15, -0.1) is 0 Å². The molecular weight excluding hydrogens is 236 g/mol. The molecule has 2 heterocycles. The van der Waals surface area contributed by atoms with E-state index in [0.29, 0.717) is 0 Å². The van der Waals surface area contributed by atoms with Crippen LogP contribution in [0.25, 0.3) is 10.8 Å². The van der Waals surface area contributed by atoms with Crippen LogP contribution in [0.2, 0.25) is 0 Å². The minimum atomic E-state index is 0.829. The zero-order chi connectivity index (χ0) is 13.1. The molecule has 0 aliphatic rings. The minimum Gasteiger partial charge on any atom is -0.308 e. The highest BCUT2D eigenvalue weighted by Gasteiger charge is 2.01. The first-order chi connectivity index (χ1) is 9.33. The highest BCUT2D eigenvalue weighted by molar-refractivity contribution is 5.84. The lowest BCUT2D eigenvalue weighted by atomic mass is 10.1. The van der Waals surface area contributed by atoms with Gasteiger partial charge >= 0.3 is 0 Å². The van der Waals surface area contributed by atoms with Crippen LogP contribution in [-0.2, 0) is 20.1 Å². The Morgan fingerprint density at radius 3 is 2.95 bits per heavy atom. The van der Waals surface area contributed by atoms with Crippen molar-refractivity contribution in [2.24, 2.45) is 7.05 Å². The molecular formula is C15H16N4. The monoisotopic (exact) mass is 252 g/mol. The first-order valence-corrected chi connectivity index (χ1v) is 6.33. The van der Waals surface area contributed by atoms with Crippen molar-refractivity contribution in [1.82, 2.24) is 20.1 Å². The van der Waals surface area contributed by atoms with Crippen LogP contribution in [0.3, 0.4) is 0 Å². The van der Waals surface area contributed by atoms with Gasteiger partial charge in [0.25, 0.3) is 0 Å². The van der Waals surface area contributed by atoms with Gasteiger partial charge in [-0.25, -0.2) is 0 Å². The maximum atomic E-state index is 4.16. The molecule has 1 N–H and O–H groups in total. The third kappa shape index (κ3) is 2.63. The third-order valence-corrected chi connectivity index (χ3v) is 3.17. The van der Waals surface area contributed by atoms with E-state index in [1.54, 1.807) is 0 Å². The van der Waals surface area contributed by atoms with E-state index in [1.165, 1.54) is 21.9 Å². The van der Waals surface area contributed by atoms with Crippen molar-refractivity contribution in [3.8, 4) is 0 Å². The van der Waals surface area contributed by atoms with E-state index in [4.69, 9.17) is 0 Å². The van der Waals surface area contributed by atoms with Crippen molar-refractivity contribution < 1.29 is 0 Å². The Morgan fingerprint density at radius 1 is 1.16 bits per heavy atom. The second-order valence-corrected chi connectivity index (χ2v) is 4.64. The lowest BCUT2D eigenvalue weighted by Crippen LogP contribution is -2.12. The summed E-state index contributed by atoms with van der Waals surface area (Å²) in [5.41, 5.74) is 2.49. The molecule has 0 saturated heterocycles. The first kappa shape index (κ1) is 11.9. The van der Waals surface area contributed by atoms with Crippen molar-refractivity contribution in [3.63, 3.8) is 0 Å². The Bertz CT molecular complexity index is 682. The number of pyridine rings is 1. The Kier molecular flexibility index (Phi) is 3.25. The van der Waals surface area contributed by atoms with E-state index in [0.717, 1.165) is 13.1 Å². The molecule has 0 saturated carbocycles. The number of nitrogens with zero attached hydrogens (tertiary/aromatic N) is 3. The molecule has 0 fully saturated rings. The van der Waals surface area contributed by atoms with Gasteiger partial charge in [0.05, 0.1) is 6.20 Å². The summed E-state index contributed by atoms with van der Waals surface area (Å²) < 4.78 is 1.82. The van der Waals surface area contributed by atoms with E-state index < -0.39 is 0 Å². The van der Waals surface area contributed by atoms with Crippen LogP contribution in [0.5, 0.6) is 0 Å². The van der Waals surface area contributed by atoms with Gasteiger partial charge in [-0.3, -0.25) is 9.67 Å². The number of aryl methyl sites for hydroxylation is 1. The molecule has 1 aromatic carbocycles. The van der Waals surface area contributed by atoms with Gasteiger partial charge < -0.3 is 5.32 Å². The number of rotatable bonds is 4. The minimum absolute atomic E-state index is 0.829. The second kappa shape index (κ2) is 5.20. The van der Waals surface area contributed by atoms with Crippen LogP contribution in [0.1, 0.15) is 11.1 Å².